The summed E-state index contributed by atoms with van der Waals surface area (Å²) in [6.45, 7) is 0.913. The van der Waals surface area contributed by atoms with E-state index >= 15 is 0 Å². The topological polar surface area (TPSA) is 28.0 Å². The number of allylic oxidation sites excluding steroid dienone is 2. The molecule has 0 N–H and O–H groups in total. The van der Waals surface area contributed by atoms with E-state index in [1.54, 1.807) is 0 Å². The van der Waals surface area contributed by atoms with Crippen LogP contribution in [0.3, 0.4) is 0 Å². The molecule has 2 bridgehead atoms. The third-order valence-corrected chi connectivity index (χ3v) is 5.91. The highest BCUT2D eigenvalue weighted by atomic mass is 15.6. The van der Waals surface area contributed by atoms with Crippen molar-refractivity contribution in [2.24, 2.45) is 34.0 Å². The maximum atomic E-state index is 4.64. The number of rotatable bonds is 2. The van der Waals surface area contributed by atoms with Crippen molar-refractivity contribution >= 4 is 0 Å². The molecular weight excluding hydrogens is 246 g/mol. The highest BCUT2D eigenvalue weighted by Gasteiger charge is 2.61. The zero-order valence-electron chi connectivity index (χ0n) is 11.5. The summed E-state index contributed by atoms with van der Waals surface area (Å²) in [5.74, 6) is 3.25. The van der Waals surface area contributed by atoms with Crippen LogP contribution in [-0.2, 0) is 6.54 Å². The molecule has 0 radical (unpaired) electrons. The van der Waals surface area contributed by atoms with E-state index in [9.17, 15) is 0 Å². The molecule has 0 aromatic heterocycles. The lowest BCUT2D eigenvalue weighted by Crippen LogP contribution is -2.44. The van der Waals surface area contributed by atoms with Crippen LogP contribution >= 0.6 is 0 Å². The van der Waals surface area contributed by atoms with Crippen molar-refractivity contribution in [3.05, 3.63) is 48.0 Å². The lowest BCUT2D eigenvalue weighted by molar-refractivity contribution is 0.119. The number of benzene rings is 1. The van der Waals surface area contributed by atoms with Crippen LogP contribution in [0.25, 0.3) is 0 Å². The minimum atomic E-state index is 0.477. The van der Waals surface area contributed by atoms with Crippen LogP contribution < -0.4 is 0 Å². The van der Waals surface area contributed by atoms with Gasteiger partial charge in [-0.15, -0.1) is 0 Å². The van der Waals surface area contributed by atoms with Crippen molar-refractivity contribution in [2.75, 3.05) is 0 Å². The lowest BCUT2D eigenvalue weighted by Gasteiger charge is -2.35. The van der Waals surface area contributed by atoms with E-state index in [4.69, 9.17) is 0 Å². The first-order chi connectivity index (χ1) is 9.92. The van der Waals surface area contributed by atoms with E-state index in [0.717, 1.165) is 30.2 Å². The van der Waals surface area contributed by atoms with Crippen molar-refractivity contribution < 1.29 is 0 Å². The Morgan fingerprint density at radius 2 is 2.00 bits per heavy atom. The van der Waals surface area contributed by atoms with Gasteiger partial charge >= 0.3 is 0 Å². The average molecular weight is 265 g/mol. The van der Waals surface area contributed by atoms with Gasteiger partial charge in [-0.25, -0.2) is 0 Å². The first kappa shape index (κ1) is 11.1. The molecule has 102 valence electrons. The fourth-order valence-corrected chi connectivity index (χ4v) is 5.17. The van der Waals surface area contributed by atoms with E-state index < -0.39 is 0 Å². The van der Waals surface area contributed by atoms with Crippen molar-refractivity contribution in [3.63, 3.8) is 0 Å². The second-order valence-electron chi connectivity index (χ2n) is 6.74. The van der Waals surface area contributed by atoms with E-state index in [0.29, 0.717) is 12.1 Å². The normalized spacial score (nSPS) is 43.3. The summed E-state index contributed by atoms with van der Waals surface area (Å²) in [5, 5.41) is 11.4. The summed E-state index contributed by atoms with van der Waals surface area (Å²) in [5.41, 5.74) is 1.34. The first-order valence-corrected chi connectivity index (χ1v) is 7.80. The van der Waals surface area contributed by atoms with Gasteiger partial charge in [0.25, 0.3) is 0 Å². The van der Waals surface area contributed by atoms with E-state index in [1.165, 1.54) is 18.4 Å². The van der Waals surface area contributed by atoms with Gasteiger partial charge in [0.1, 0.15) is 0 Å². The minimum absolute atomic E-state index is 0.477. The van der Waals surface area contributed by atoms with Crippen molar-refractivity contribution in [1.29, 1.82) is 0 Å². The van der Waals surface area contributed by atoms with Gasteiger partial charge in [0.2, 0.25) is 0 Å². The molecule has 5 rings (SSSR count). The molecule has 3 heteroatoms. The maximum Gasteiger partial charge on any atom is 0.0983 e. The van der Waals surface area contributed by atoms with Crippen LogP contribution in [0.1, 0.15) is 18.4 Å². The van der Waals surface area contributed by atoms with Crippen LogP contribution in [0.4, 0.5) is 0 Å². The predicted octanol–water partition coefficient (Wildman–Crippen LogP) is 3.45. The van der Waals surface area contributed by atoms with Crippen molar-refractivity contribution in [1.82, 2.24) is 5.01 Å². The standard InChI is InChI=1S/C17H19N3/c1-2-5-11(6-3-1)10-20-17-15-9-14(16(17)18-19-20)12-7-4-8-13(12)15/h1-6,8,12-17H,7,9-10H2/t12-,13-,14-,15+,16-,17+/m0/s1. The summed E-state index contributed by atoms with van der Waals surface area (Å²) in [4.78, 5) is 0. The Labute approximate surface area is 119 Å². The van der Waals surface area contributed by atoms with Gasteiger partial charge in [-0.1, -0.05) is 47.7 Å². The van der Waals surface area contributed by atoms with Gasteiger partial charge in [0.05, 0.1) is 18.6 Å². The second kappa shape index (κ2) is 3.94. The lowest BCUT2D eigenvalue weighted by atomic mass is 9.76. The number of hydrogen-bond acceptors (Lipinski definition) is 3. The number of hydrogen-bond donors (Lipinski definition) is 0. The molecule has 0 saturated heterocycles. The molecule has 20 heavy (non-hydrogen) atoms. The minimum Gasteiger partial charge on any atom is -0.269 e. The van der Waals surface area contributed by atoms with Crippen LogP contribution in [0, 0.1) is 23.7 Å². The molecular formula is C17H19N3. The molecule has 3 aliphatic carbocycles. The Morgan fingerprint density at radius 1 is 1.10 bits per heavy atom. The van der Waals surface area contributed by atoms with Crippen molar-refractivity contribution in [2.45, 2.75) is 31.5 Å². The predicted molar refractivity (Wildman–Crippen MR) is 76.8 cm³/mol. The Morgan fingerprint density at radius 3 is 2.90 bits per heavy atom. The van der Waals surface area contributed by atoms with E-state index in [-0.39, 0.29) is 0 Å². The van der Waals surface area contributed by atoms with Gasteiger partial charge in [-0.05, 0) is 42.1 Å². The second-order valence-corrected chi connectivity index (χ2v) is 6.74. The molecule has 1 heterocycles. The number of nitrogens with zero attached hydrogens (tertiary/aromatic N) is 3. The smallest absolute Gasteiger partial charge is 0.0983 e. The zero-order chi connectivity index (χ0) is 13.1. The highest BCUT2D eigenvalue weighted by Crippen LogP contribution is 2.60. The van der Waals surface area contributed by atoms with Crippen LogP contribution in [0.15, 0.2) is 52.8 Å². The Balaban J connectivity index is 1.42. The number of fused-ring (bicyclic) bond motifs is 8. The van der Waals surface area contributed by atoms with Gasteiger partial charge in [-0.2, -0.15) is 5.11 Å². The molecule has 1 aromatic rings. The van der Waals surface area contributed by atoms with Gasteiger partial charge < -0.3 is 0 Å². The van der Waals surface area contributed by atoms with Gasteiger partial charge in [-0.3, -0.25) is 5.01 Å². The third kappa shape index (κ3) is 1.36. The van der Waals surface area contributed by atoms with E-state index in [1.807, 2.05) is 0 Å². The summed E-state index contributed by atoms with van der Waals surface area (Å²) in [7, 11) is 0. The molecule has 1 aromatic carbocycles. The van der Waals surface area contributed by atoms with Crippen LogP contribution in [0.5, 0.6) is 0 Å². The molecule has 1 aliphatic heterocycles. The largest absolute Gasteiger partial charge is 0.269 e. The molecule has 0 spiro atoms. The van der Waals surface area contributed by atoms with Crippen molar-refractivity contribution in [3.8, 4) is 0 Å². The summed E-state index contributed by atoms with van der Waals surface area (Å²) in [6, 6.07) is 11.7. The molecule has 4 aliphatic rings. The zero-order valence-corrected chi connectivity index (χ0v) is 11.5. The van der Waals surface area contributed by atoms with E-state index in [2.05, 4.69) is 57.8 Å². The van der Waals surface area contributed by atoms with Crippen LogP contribution in [-0.4, -0.2) is 17.1 Å². The average Bonchev–Trinajstić information content (AvgIpc) is 3.18. The Kier molecular flexibility index (Phi) is 2.18. The summed E-state index contributed by atoms with van der Waals surface area (Å²) >= 11 is 0. The third-order valence-electron chi connectivity index (χ3n) is 5.91. The molecule has 3 nitrogen and oxygen atoms in total. The SMILES string of the molecule is C1=C[C@@H]2[C@H]3C[C@@H]([C@H]2C1)[C@@H]1N=NN(Cc2ccccc2)[C@H]31. The maximum absolute atomic E-state index is 4.64. The highest BCUT2D eigenvalue weighted by molar-refractivity contribution is 5.22. The molecule has 0 unspecified atom stereocenters. The Hall–Kier alpha value is -1.64. The van der Waals surface area contributed by atoms with Gasteiger partial charge in [0, 0.05) is 0 Å². The Bertz CT molecular complexity index is 579. The quantitative estimate of drug-likeness (QED) is 0.753. The molecule has 6 atom stereocenters. The van der Waals surface area contributed by atoms with Gasteiger partial charge in [0.15, 0.2) is 0 Å². The fraction of sp³-hybridized carbons (Fsp3) is 0.529. The summed E-state index contributed by atoms with van der Waals surface area (Å²) in [6.07, 6.45) is 7.53. The fourth-order valence-electron chi connectivity index (χ4n) is 5.17. The van der Waals surface area contributed by atoms with Crippen LogP contribution in [0.2, 0.25) is 0 Å². The molecule has 2 fully saturated rings. The first-order valence-electron chi connectivity index (χ1n) is 7.80. The summed E-state index contributed by atoms with van der Waals surface area (Å²) < 4.78 is 0. The monoisotopic (exact) mass is 265 g/mol. The molecule has 2 saturated carbocycles. The molecule has 0 amide bonds.